The molecule has 15 heavy (non-hydrogen) atoms. The molecule has 0 radical (unpaired) electrons. The van der Waals surface area contributed by atoms with Crippen LogP contribution >= 0.6 is 0 Å². The van der Waals surface area contributed by atoms with Crippen molar-refractivity contribution >= 4 is 5.97 Å². The van der Waals surface area contributed by atoms with Gasteiger partial charge in [0.1, 0.15) is 12.4 Å². The van der Waals surface area contributed by atoms with Crippen LogP contribution in [0.4, 0.5) is 0 Å². The van der Waals surface area contributed by atoms with Crippen LogP contribution in [0.2, 0.25) is 0 Å². The van der Waals surface area contributed by atoms with E-state index in [1.165, 1.54) is 13.2 Å². The Morgan fingerprint density at radius 3 is 2.87 bits per heavy atom. The molecule has 1 heterocycles. The first kappa shape index (κ1) is 9.58. The Morgan fingerprint density at radius 2 is 2.13 bits per heavy atom. The third kappa shape index (κ3) is 2.10. The van der Waals surface area contributed by atoms with Gasteiger partial charge in [-0.2, -0.15) is 0 Å². The second-order valence-electron chi connectivity index (χ2n) is 2.97. The molecule has 1 aliphatic heterocycles. The molecule has 0 amide bonds. The van der Waals surface area contributed by atoms with E-state index in [0.29, 0.717) is 17.3 Å². The van der Waals surface area contributed by atoms with Gasteiger partial charge in [-0.05, 0) is 12.1 Å². The second kappa shape index (κ2) is 4.04. The Morgan fingerprint density at radius 1 is 1.40 bits per heavy atom. The maximum absolute atomic E-state index is 11.0. The van der Waals surface area contributed by atoms with Crippen molar-refractivity contribution in [3.63, 3.8) is 0 Å². The van der Waals surface area contributed by atoms with Crippen molar-refractivity contribution in [2.24, 2.45) is 0 Å². The number of rotatable bonds is 1. The smallest absolute Gasteiger partial charge is 0.334 e. The molecule has 1 aliphatic rings. The predicted molar refractivity (Wildman–Crippen MR) is 52.7 cm³/mol. The Labute approximate surface area is 87.1 Å². The zero-order valence-electron chi connectivity index (χ0n) is 8.23. The third-order valence-electron chi connectivity index (χ3n) is 1.94. The van der Waals surface area contributed by atoms with E-state index in [1.807, 2.05) is 18.2 Å². The summed E-state index contributed by atoms with van der Waals surface area (Å²) < 4.78 is 15.3. The van der Waals surface area contributed by atoms with Gasteiger partial charge >= 0.3 is 5.97 Å². The van der Waals surface area contributed by atoms with Gasteiger partial charge in [-0.25, -0.2) is 4.79 Å². The lowest BCUT2D eigenvalue weighted by molar-refractivity contribution is -0.135. The average molecular weight is 206 g/mol. The second-order valence-corrected chi connectivity index (χ2v) is 2.97. The summed E-state index contributed by atoms with van der Waals surface area (Å²) in [5.74, 6) is 1.28. The maximum Gasteiger partial charge on any atom is 0.334 e. The van der Waals surface area contributed by atoms with Crippen molar-refractivity contribution < 1.29 is 19.0 Å². The molecule has 0 aromatic heterocycles. The van der Waals surface area contributed by atoms with Crippen LogP contribution in [0, 0.1) is 0 Å². The van der Waals surface area contributed by atoms with Crippen molar-refractivity contribution in [3.05, 3.63) is 36.1 Å². The Kier molecular flexibility index (Phi) is 2.58. The quantitative estimate of drug-likeness (QED) is 0.516. The molecule has 0 atom stereocenters. The number of para-hydroxylation sites is 2. The molecule has 4 heteroatoms. The number of hydrogen-bond acceptors (Lipinski definition) is 4. The van der Waals surface area contributed by atoms with Gasteiger partial charge in [-0.3, -0.25) is 0 Å². The fraction of sp³-hybridized carbons (Fsp3) is 0.182. The van der Waals surface area contributed by atoms with Gasteiger partial charge in [0.15, 0.2) is 11.5 Å². The van der Waals surface area contributed by atoms with Crippen LogP contribution < -0.4 is 9.47 Å². The number of esters is 1. The molecule has 0 spiro atoms. The molecule has 0 bridgehead atoms. The summed E-state index contributed by atoms with van der Waals surface area (Å²) in [4.78, 5) is 11.0. The summed E-state index contributed by atoms with van der Waals surface area (Å²) in [6, 6.07) is 7.28. The number of carbonyl (C=O) groups is 1. The molecule has 78 valence electrons. The summed E-state index contributed by atoms with van der Waals surface area (Å²) in [5, 5.41) is 0. The number of ether oxygens (including phenoxy) is 3. The first-order chi connectivity index (χ1) is 7.29. The van der Waals surface area contributed by atoms with Gasteiger partial charge in [-0.15, -0.1) is 0 Å². The number of fused-ring (bicyclic) bond motifs is 1. The lowest BCUT2D eigenvalue weighted by Gasteiger charge is -2.19. The minimum Gasteiger partial charge on any atom is -0.482 e. The zero-order valence-corrected chi connectivity index (χ0v) is 8.23. The van der Waals surface area contributed by atoms with Crippen molar-refractivity contribution in [2.45, 2.75) is 0 Å². The SMILES string of the molecule is COC(=O)/C=C1\COc2ccccc2O1. The van der Waals surface area contributed by atoms with E-state index in [9.17, 15) is 4.79 Å². The topological polar surface area (TPSA) is 44.8 Å². The Bertz CT molecular complexity index is 409. The Hall–Kier alpha value is -1.97. The van der Waals surface area contributed by atoms with E-state index < -0.39 is 5.97 Å². The number of benzene rings is 1. The van der Waals surface area contributed by atoms with Crippen molar-refractivity contribution in [3.8, 4) is 11.5 Å². The molecule has 1 aromatic carbocycles. The van der Waals surface area contributed by atoms with E-state index >= 15 is 0 Å². The molecule has 0 unspecified atom stereocenters. The minimum absolute atomic E-state index is 0.242. The van der Waals surface area contributed by atoms with Gasteiger partial charge < -0.3 is 14.2 Å². The standard InChI is InChI=1S/C11H10O4/c1-13-11(12)6-8-7-14-9-4-2-3-5-10(9)15-8/h2-6H,7H2,1H3/b8-6+. The van der Waals surface area contributed by atoms with E-state index in [2.05, 4.69) is 4.74 Å². The number of carbonyl (C=O) groups excluding carboxylic acids is 1. The van der Waals surface area contributed by atoms with Crippen LogP contribution in [-0.2, 0) is 9.53 Å². The minimum atomic E-state index is -0.451. The lowest BCUT2D eigenvalue weighted by Crippen LogP contribution is -2.15. The van der Waals surface area contributed by atoms with Crippen LogP contribution in [0.25, 0.3) is 0 Å². The van der Waals surface area contributed by atoms with E-state index in [4.69, 9.17) is 9.47 Å². The molecule has 4 nitrogen and oxygen atoms in total. The zero-order chi connectivity index (χ0) is 10.7. The first-order valence-corrected chi connectivity index (χ1v) is 4.48. The predicted octanol–water partition coefficient (Wildman–Crippen LogP) is 1.51. The van der Waals surface area contributed by atoms with Gasteiger partial charge in [0.05, 0.1) is 13.2 Å². The summed E-state index contributed by atoms with van der Waals surface area (Å²) in [6.07, 6.45) is 1.27. The molecule has 0 saturated carbocycles. The summed E-state index contributed by atoms with van der Waals surface area (Å²) >= 11 is 0. The van der Waals surface area contributed by atoms with E-state index in [1.54, 1.807) is 6.07 Å². The Balaban J connectivity index is 2.19. The largest absolute Gasteiger partial charge is 0.482 e. The lowest BCUT2D eigenvalue weighted by atomic mass is 10.3. The molecule has 1 aromatic rings. The van der Waals surface area contributed by atoms with Crippen LogP contribution in [0.5, 0.6) is 11.5 Å². The number of methoxy groups -OCH3 is 1. The van der Waals surface area contributed by atoms with Crippen LogP contribution in [0.3, 0.4) is 0 Å². The fourth-order valence-electron chi connectivity index (χ4n) is 1.23. The highest BCUT2D eigenvalue weighted by molar-refractivity contribution is 5.82. The van der Waals surface area contributed by atoms with Crippen molar-refractivity contribution in [1.82, 2.24) is 0 Å². The highest BCUT2D eigenvalue weighted by Crippen LogP contribution is 2.31. The summed E-state index contributed by atoms with van der Waals surface area (Å²) in [7, 11) is 1.32. The van der Waals surface area contributed by atoms with E-state index in [0.717, 1.165) is 0 Å². The molecule has 0 N–H and O–H groups in total. The summed E-state index contributed by atoms with van der Waals surface area (Å²) in [6.45, 7) is 0.242. The van der Waals surface area contributed by atoms with Gasteiger partial charge in [0, 0.05) is 0 Å². The van der Waals surface area contributed by atoms with Gasteiger partial charge in [0.25, 0.3) is 0 Å². The summed E-state index contributed by atoms with van der Waals surface area (Å²) in [5.41, 5.74) is 0. The number of hydrogen-bond donors (Lipinski definition) is 0. The molecule has 2 rings (SSSR count). The van der Waals surface area contributed by atoms with Crippen molar-refractivity contribution in [1.29, 1.82) is 0 Å². The van der Waals surface area contributed by atoms with E-state index in [-0.39, 0.29) is 6.61 Å². The fourth-order valence-corrected chi connectivity index (χ4v) is 1.23. The molecular formula is C11H10O4. The van der Waals surface area contributed by atoms with Gasteiger partial charge in [-0.1, -0.05) is 12.1 Å². The van der Waals surface area contributed by atoms with Crippen molar-refractivity contribution in [2.75, 3.05) is 13.7 Å². The first-order valence-electron chi connectivity index (χ1n) is 4.48. The molecule has 0 aliphatic carbocycles. The highest BCUT2D eigenvalue weighted by atomic mass is 16.6. The monoisotopic (exact) mass is 206 g/mol. The molecular weight excluding hydrogens is 196 g/mol. The molecule has 0 fully saturated rings. The maximum atomic E-state index is 11.0. The average Bonchev–Trinajstić information content (AvgIpc) is 2.29. The highest BCUT2D eigenvalue weighted by Gasteiger charge is 2.15. The van der Waals surface area contributed by atoms with Gasteiger partial charge in [0.2, 0.25) is 0 Å². The van der Waals surface area contributed by atoms with Crippen LogP contribution in [0.15, 0.2) is 36.1 Å². The molecule has 0 saturated heterocycles. The normalized spacial score (nSPS) is 16.2. The van der Waals surface area contributed by atoms with Crippen LogP contribution in [0.1, 0.15) is 0 Å². The van der Waals surface area contributed by atoms with Crippen LogP contribution in [-0.4, -0.2) is 19.7 Å². The third-order valence-corrected chi connectivity index (χ3v) is 1.94.